The van der Waals surface area contributed by atoms with Crippen LogP contribution in [0.2, 0.25) is 0 Å². The third-order valence-corrected chi connectivity index (χ3v) is 2.05. The molecule has 5 nitrogen and oxygen atoms in total. The van der Waals surface area contributed by atoms with Crippen LogP contribution < -0.4 is 11.3 Å². The smallest absolute Gasteiger partial charge is 0.404 e. The first-order chi connectivity index (χ1) is 6.33. The van der Waals surface area contributed by atoms with E-state index in [9.17, 15) is 0 Å². The summed E-state index contributed by atoms with van der Waals surface area (Å²) in [6, 6.07) is 0. The molecule has 6 heteroatoms. The molecule has 2 heterocycles. The van der Waals surface area contributed by atoms with Gasteiger partial charge < -0.3 is 15.0 Å². The van der Waals surface area contributed by atoms with Crippen molar-refractivity contribution in [3.63, 3.8) is 0 Å². The predicted molar refractivity (Wildman–Crippen MR) is 49.6 cm³/mol. The topological polar surface area (TPSA) is 62.3 Å². The molecule has 13 heavy (non-hydrogen) atoms. The van der Waals surface area contributed by atoms with Crippen molar-refractivity contribution >= 4 is 18.4 Å². The van der Waals surface area contributed by atoms with E-state index in [4.69, 9.17) is 15.0 Å². The molecule has 0 radical (unpaired) electrons. The highest BCUT2D eigenvalue weighted by atomic mass is 16.6. The molecule has 0 aliphatic carbocycles. The zero-order chi connectivity index (χ0) is 9.26. The molecule has 1 saturated heterocycles. The molecule has 0 saturated carbocycles. The largest absolute Gasteiger partial charge is 0.515 e. The molecule has 1 aromatic heterocycles. The summed E-state index contributed by atoms with van der Waals surface area (Å²) in [5.41, 5.74) is 7.22. The summed E-state index contributed by atoms with van der Waals surface area (Å²) in [4.78, 5) is 0. The van der Waals surface area contributed by atoms with Gasteiger partial charge in [-0.05, 0) is 6.92 Å². The molecule has 70 valence electrons. The fourth-order valence-corrected chi connectivity index (χ4v) is 1.44. The lowest BCUT2D eigenvalue weighted by Crippen LogP contribution is -2.39. The second-order valence-corrected chi connectivity index (χ2v) is 2.87. The number of aromatic nitrogens is 2. The average molecular weight is 181 g/mol. The minimum absolute atomic E-state index is 0.331. The normalized spacial score (nSPS) is 16.8. The minimum atomic E-state index is -0.331. The van der Waals surface area contributed by atoms with E-state index < -0.39 is 0 Å². The number of nitrogen functional groups attached to an aromatic ring is 1. The van der Waals surface area contributed by atoms with Gasteiger partial charge in [-0.2, -0.15) is 5.10 Å². The molecule has 0 spiro atoms. The van der Waals surface area contributed by atoms with Gasteiger partial charge >= 0.3 is 7.12 Å². The monoisotopic (exact) mass is 181 g/mol. The third-order valence-electron chi connectivity index (χ3n) is 2.05. The van der Waals surface area contributed by atoms with Crippen LogP contribution in [0.3, 0.4) is 0 Å². The lowest BCUT2D eigenvalue weighted by molar-refractivity contribution is 0.365. The molecule has 1 aliphatic rings. The van der Waals surface area contributed by atoms with Crippen molar-refractivity contribution in [2.75, 3.05) is 18.9 Å². The first kappa shape index (κ1) is 8.59. The Hall–Kier alpha value is -1.01. The van der Waals surface area contributed by atoms with Crippen molar-refractivity contribution in [1.82, 2.24) is 9.78 Å². The molecule has 2 N–H and O–H groups in total. The summed E-state index contributed by atoms with van der Waals surface area (Å²) in [7, 11) is -0.331. The maximum atomic E-state index is 5.75. The molecule has 0 unspecified atom stereocenters. The van der Waals surface area contributed by atoms with E-state index in [0.29, 0.717) is 18.9 Å². The highest BCUT2D eigenvalue weighted by Gasteiger charge is 2.31. The Morgan fingerprint density at radius 2 is 2.31 bits per heavy atom. The zero-order valence-corrected chi connectivity index (χ0v) is 7.56. The number of hydrogen-bond donors (Lipinski definition) is 1. The van der Waals surface area contributed by atoms with Crippen LogP contribution in [0.4, 0.5) is 5.69 Å². The van der Waals surface area contributed by atoms with Gasteiger partial charge in [0.2, 0.25) is 0 Å². The minimum Gasteiger partial charge on any atom is -0.404 e. The third kappa shape index (κ3) is 1.42. The van der Waals surface area contributed by atoms with Crippen LogP contribution in [0.1, 0.15) is 6.92 Å². The molecular weight excluding hydrogens is 169 g/mol. The number of aryl methyl sites for hydroxylation is 1. The molecular formula is C7H12BN3O2. The maximum Gasteiger partial charge on any atom is 0.515 e. The maximum absolute atomic E-state index is 5.75. The molecule has 1 aromatic rings. The van der Waals surface area contributed by atoms with Crippen LogP contribution in [0.15, 0.2) is 6.20 Å². The molecule has 1 fully saturated rings. The fraction of sp³-hybridized carbons (Fsp3) is 0.571. The first-order valence-corrected chi connectivity index (χ1v) is 4.37. The Kier molecular flexibility index (Phi) is 2.24. The molecule has 0 aromatic carbocycles. The Morgan fingerprint density at radius 1 is 1.62 bits per heavy atom. The Bertz CT molecular complexity index is 296. The van der Waals surface area contributed by atoms with Crippen molar-refractivity contribution in [3.8, 4) is 0 Å². The summed E-state index contributed by atoms with van der Waals surface area (Å²) in [5.74, 6) is 0. The highest BCUT2D eigenvalue weighted by molar-refractivity contribution is 6.62. The van der Waals surface area contributed by atoms with Crippen molar-refractivity contribution in [3.05, 3.63) is 6.20 Å². The Labute approximate surface area is 77.0 Å². The molecule has 0 atom stereocenters. The molecule has 2 rings (SSSR count). The first-order valence-electron chi connectivity index (χ1n) is 4.37. The van der Waals surface area contributed by atoms with Gasteiger partial charge in [0.15, 0.2) is 0 Å². The van der Waals surface area contributed by atoms with Crippen molar-refractivity contribution in [2.45, 2.75) is 13.5 Å². The van der Waals surface area contributed by atoms with Crippen LogP contribution in [0.25, 0.3) is 0 Å². The van der Waals surface area contributed by atoms with Gasteiger partial charge in [-0.3, -0.25) is 4.68 Å². The van der Waals surface area contributed by atoms with Gasteiger partial charge in [-0.1, -0.05) is 0 Å². The van der Waals surface area contributed by atoms with E-state index in [0.717, 1.165) is 12.1 Å². The van der Waals surface area contributed by atoms with Gasteiger partial charge in [0.1, 0.15) is 0 Å². The standard InChI is InChI=1S/C7H12BN3O2/c1-2-11-7(6(9)5-10-11)8-12-3-4-13-8/h5H,2-4,9H2,1H3. The van der Waals surface area contributed by atoms with Gasteiger partial charge in [-0.25, -0.2) is 0 Å². The lowest BCUT2D eigenvalue weighted by atomic mass is 9.84. The van der Waals surface area contributed by atoms with E-state index in [-0.39, 0.29) is 7.12 Å². The summed E-state index contributed by atoms with van der Waals surface area (Å²) in [5, 5.41) is 4.11. The highest BCUT2D eigenvalue weighted by Crippen LogP contribution is 2.05. The lowest BCUT2D eigenvalue weighted by Gasteiger charge is -2.07. The zero-order valence-electron chi connectivity index (χ0n) is 7.56. The average Bonchev–Trinajstić information content (AvgIpc) is 2.72. The molecule has 1 aliphatic heterocycles. The molecule has 0 amide bonds. The van der Waals surface area contributed by atoms with E-state index in [1.807, 2.05) is 6.92 Å². The van der Waals surface area contributed by atoms with E-state index in [2.05, 4.69) is 5.10 Å². The van der Waals surface area contributed by atoms with Crippen LogP contribution >= 0.6 is 0 Å². The van der Waals surface area contributed by atoms with Crippen LogP contribution in [0, 0.1) is 0 Å². The van der Waals surface area contributed by atoms with Crippen LogP contribution in [-0.2, 0) is 15.9 Å². The number of nitrogens with two attached hydrogens (primary N) is 1. The van der Waals surface area contributed by atoms with Gasteiger partial charge in [0, 0.05) is 6.54 Å². The van der Waals surface area contributed by atoms with Crippen LogP contribution in [0.5, 0.6) is 0 Å². The Morgan fingerprint density at radius 3 is 2.92 bits per heavy atom. The second-order valence-electron chi connectivity index (χ2n) is 2.87. The number of hydrogen-bond acceptors (Lipinski definition) is 4. The summed E-state index contributed by atoms with van der Waals surface area (Å²) < 4.78 is 12.5. The van der Waals surface area contributed by atoms with E-state index in [1.165, 1.54) is 0 Å². The fourth-order valence-electron chi connectivity index (χ4n) is 1.44. The van der Waals surface area contributed by atoms with Crippen LogP contribution in [-0.4, -0.2) is 30.1 Å². The number of rotatable bonds is 2. The predicted octanol–water partition coefficient (Wildman–Crippen LogP) is -0.773. The molecule has 0 bridgehead atoms. The number of anilines is 1. The summed E-state index contributed by atoms with van der Waals surface area (Å²) in [6.07, 6.45) is 1.63. The van der Waals surface area contributed by atoms with Gasteiger partial charge in [0.05, 0.1) is 30.7 Å². The van der Waals surface area contributed by atoms with E-state index >= 15 is 0 Å². The quantitative estimate of drug-likeness (QED) is 0.608. The van der Waals surface area contributed by atoms with Gasteiger partial charge in [0.25, 0.3) is 0 Å². The summed E-state index contributed by atoms with van der Waals surface area (Å²) >= 11 is 0. The Balaban J connectivity index is 2.30. The van der Waals surface area contributed by atoms with Crippen molar-refractivity contribution in [1.29, 1.82) is 0 Å². The summed E-state index contributed by atoms with van der Waals surface area (Å²) in [6.45, 7) is 4.03. The SMILES string of the molecule is CCn1ncc(N)c1B1OCCO1. The van der Waals surface area contributed by atoms with Crippen molar-refractivity contribution < 1.29 is 9.31 Å². The van der Waals surface area contributed by atoms with Crippen molar-refractivity contribution in [2.24, 2.45) is 0 Å². The second kappa shape index (κ2) is 3.39. The number of nitrogens with zero attached hydrogens (tertiary/aromatic N) is 2. The van der Waals surface area contributed by atoms with E-state index in [1.54, 1.807) is 10.9 Å². The van der Waals surface area contributed by atoms with Gasteiger partial charge in [-0.15, -0.1) is 0 Å².